The molecule has 0 saturated carbocycles. The zero-order chi connectivity index (χ0) is 23.0. The highest BCUT2D eigenvalue weighted by molar-refractivity contribution is 6.05. The Labute approximate surface area is 179 Å². The van der Waals surface area contributed by atoms with E-state index in [2.05, 4.69) is 15.3 Å². The van der Waals surface area contributed by atoms with Gasteiger partial charge in [0.15, 0.2) is 11.9 Å². The fourth-order valence-electron chi connectivity index (χ4n) is 3.61. The van der Waals surface area contributed by atoms with Crippen LogP contribution < -0.4 is 20.4 Å². The van der Waals surface area contributed by atoms with Crippen LogP contribution >= 0.6 is 0 Å². The number of urea groups is 1. The molecule has 2 aromatic rings. The van der Waals surface area contributed by atoms with Crippen molar-refractivity contribution in [1.29, 1.82) is 0 Å². The molecule has 0 radical (unpaired) electrons. The number of hydrogen-bond donors (Lipinski definition) is 3. The number of pyridine rings is 2. The minimum atomic E-state index is -4.87. The summed E-state index contributed by atoms with van der Waals surface area (Å²) in [6.45, 7) is 0.166. The van der Waals surface area contributed by atoms with Gasteiger partial charge in [-0.2, -0.15) is 13.2 Å². The summed E-state index contributed by atoms with van der Waals surface area (Å²) >= 11 is 0. The predicted molar refractivity (Wildman–Crippen MR) is 105 cm³/mol. The second-order valence-corrected chi connectivity index (χ2v) is 7.36. The Morgan fingerprint density at radius 3 is 2.72 bits per heavy atom. The highest BCUT2D eigenvalue weighted by atomic mass is 19.4. The first-order chi connectivity index (χ1) is 15.1. The van der Waals surface area contributed by atoms with Crippen molar-refractivity contribution in [3.05, 3.63) is 42.0 Å². The van der Waals surface area contributed by atoms with E-state index in [1.165, 1.54) is 17.0 Å². The van der Waals surface area contributed by atoms with Gasteiger partial charge in [-0.05, 0) is 30.7 Å². The third-order valence-corrected chi connectivity index (χ3v) is 5.20. The van der Waals surface area contributed by atoms with E-state index in [-0.39, 0.29) is 23.4 Å². The number of amides is 3. The maximum Gasteiger partial charge on any atom is 0.416 e. The van der Waals surface area contributed by atoms with Crippen LogP contribution in [0.2, 0.25) is 0 Å². The highest BCUT2D eigenvalue weighted by Crippen LogP contribution is 2.39. The SMILES string of the molecule is O=C(NC[C@H](O)C(F)(F)F)c1ccc2c(n1)N(C(=O)Nc1ccc(F)cn1)[C@H]1CCN2C1. The first-order valence-corrected chi connectivity index (χ1v) is 9.64. The zero-order valence-corrected chi connectivity index (χ0v) is 16.4. The summed E-state index contributed by atoms with van der Waals surface area (Å²) < 4.78 is 50.5. The van der Waals surface area contributed by atoms with E-state index in [0.29, 0.717) is 25.2 Å². The number of nitrogens with one attached hydrogen (secondary N) is 2. The molecule has 4 rings (SSSR count). The number of alkyl halides is 3. The van der Waals surface area contributed by atoms with E-state index in [0.717, 1.165) is 12.3 Å². The van der Waals surface area contributed by atoms with Crippen molar-refractivity contribution < 1.29 is 32.3 Å². The number of anilines is 3. The largest absolute Gasteiger partial charge is 0.416 e. The molecule has 3 N–H and O–H groups in total. The zero-order valence-electron chi connectivity index (χ0n) is 16.4. The van der Waals surface area contributed by atoms with Crippen molar-refractivity contribution in [1.82, 2.24) is 15.3 Å². The van der Waals surface area contributed by atoms with Crippen LogP contribution in [-0.2, 0) is 0 Å². The van der Waals surface area contributed by atoms with Gasteiger partial charge >= 0.3 is 12.2 Å². The van der Waals surface area contributed by atoms with Gasteiger partial charge in [-0.3, -0.25) is 15.0 Å². The molecule has 0 aromatic carbocycles. The molecule has 1 saturated heterocycles. The van der Waals surface area contributed by atoms with Crippen LogP contribution in [-0.4, -0.2) is 65.0 Å². The molecule has 4 heterocycles. The smallest absolute Gasteiger partial charge is 0.382 e. The van der Waals surface area contributed by atoms with Crippen LogP contribution in [0.15, 0.2) is 30.5 Å². The first-order valence-electron chi connectivity index (χ1n) is 9.64. The summed E-state index contributed by atoms with van der Waals surface area (Å²) in [7, 11) is 0. The molecule has 3 amide bonds. The Balaban J connectivity index is 1.56. The molecule has 0 aliphatic carbocycles. The fraction of sp³-hybridized carbons (Fsp3) is 0.368. The molecule has 2 aromatic heterocycles. The minimum absolute atomic E-state index is 0.119. The van der Waals surface area contributed by atoms with Crippen molar-refractivity contribution >= 4 is 29.3 Å². The van der Waals surface area contributed by atoms with E-state index in [4.69, 9.17) is 5.11 Å². The summed E-state index contributed by atoms with van der Waals surface area (Å²) in [6, 6.07) is 4.50. The number of halogens is 4. The maximum absolute atomic E-state index is 13.1. The van der Waals surface area contributed by atoms with E-state index in [1.54, 1.807) is 6.07 Å². The number of carbonyl (C=O) groups excluding carboxylic acids is 2. The average Bonchev–Trinajstić information content (AvgIpc) is 3.16. The molecule has 2 aliphatic rings. The van der Waals surface area contributed by atoms with Crippen molar-refractivity contribution in [3.8, 4) is 0 Å². The van der Waals surface area contributed by atoms with Crippen molar-refractivity contribution in [2.24, 2.45) is 0 Å². The summed E-state index contributed by atoms with van der Waals surface area (Å²) in [6.07, 6.45) is -5.99. The van der Waals surface area contributed by atoms with Crippen LogP contribution in [0.5, 0.6) is 0 Å². The van der Waals surface area contributed by atoms with E-state index in [1.807, 2.05) is 10.2 Å². The lowest BCUT2D eigenvalue weighted by atomic mass is 10.1. The van der Waals surface area contributed by atoms with Gasteiger partial charge in [0.2, 0.25) is 0 Å². The van der Waals surface area contributed by atoms with Crippen LogP contribution in [0, 0.1) is 5.82 Å². The van der Waals surface area contributed by atoms with Gasteiger partial charge in [-0.25, -0.2) is 19.2 Å². The van der Waals surface area contributed by atoms with Crippen LogP contribution in [0.4, 0.5) is 39.7 Å². The van der Waals surface area contributed by atoms with Crippen molar-refractivity contribution in [2.75, 3.05) is 34.8 Å². The molecule has 2 bridgehead atoms. The highest BCUT2D eigenvalue weighted by Gasteiger charge is 2.41. The van der Waals surface area contributed by atoms with Gasteiger partial charge in [0.25, 0.3) is 5.91 Å². The summed E-state index contributed by atoms with van der Waals surface area (Å²) in [4.78, 5) is 36.7. The number of rotatable bonds is 4. The molecule has 13 heteroatoms. The third-order valence-electron chi connectivity index (χ3n) is 5.20. The van der Waals surface area contributed by atoms with Crippen molar-refractivity contribution in [2.45, 2.75) is 24.7 Å². The topological polar surface area (TPSA) is 111 Å². The van der Waals surface area contributed by atoms with Gasteiger partial charge in [-0.15, -0.1) is 0 Å². The second-order valence-electron chi connectivity index (χ2n) is 7.36. The van der Waals surface area contributed by atoms with Gasteiger partial charge < -0.3 is 15.3 Å². The number of aliphatic hydroxyl groups excluding tert-OH is 1. The number of hydrogen-bond acceptors (Lipinski definition) is 6. The van der Waals surface area contributed by atoms with E-state index < -0.39 is 36.6 Å². The lowest BCUT2D eigenvalue weighted by molar-refractivity contribution is -0.201. The number of aliphatic hydroxyl groups is 1. The molecular weight excluding hydrogens is 436 g/mol. The van der Waals surface area contributed by atoms with E-state index >= 15 is 0 Å². The molecular formula is C19H18F4N6O3. The third kappa shape index (κ3) is 4.28. The molecule has 0 unspecified atom stereocenters. The first kappa shape index (κ1) is 21.7. The standard InChI is InChI=1S/C19H18F4N6O3/c20-10-1-4-15(24-7-10)27-18(32)29-11-5-6-28(9-11)13-3-2-12(26-16(13)29)17(31)25-8-14(30)19(21,22)23/h1-4,7,11,14,30H,5-6,8-9H2,(H,25,31)(H,24,27,32)/t11-,14-/m0/s1. The monoisotopic (exact) mass is 454 g/mol. The number of aromatic nitrogens is 2. The molecule has 170 valence electrons. The number of fused-ring (bicyclic) bond motifs is 4. The van der Waals surface area contributed by atoms with Crippen molar-refractivity contribution in [3.63, 3.8) is 0 Å². The van der Waals surface area contributed by atoms with Crippen LogP contribution in [0.1, 0.15) is 16.9 Å². The lowest BCUT2D eigenvalue weighted by Gasteiger charge is -2.35. The Morgan fingerprint density at radius 2 is 2.03 bits per heavy atom. The molecule has 1 fully saturated rings. The average molecular weight is 454 g/mol. The quantitative estimate of drug-likeness (QED) is 0.609. The second kappa shape index (κ2) is 8.22. The van der Waals surface area contributed by atoms with Gasteiger partial charge in [-0.1, -0.05) is 0 Å². The van der Waals surface area contributed by atoms with E-state index in [9.17, 15) is 27.2 Å². The fourth-order valence-corrected chi connectivity index (χ4v) is 3.61. The molecule has 2 aliphatic heterocycles. The maximum atomic E-state index is 13.1. The molecule has 0 spiro atoms. The number of carbonyl (C=O) groups is 2. The Morgan fingerprint density at radius 1 is 1.25 bits per heavy atom. The predicted octanol–water partition coefficient (Wildman–Crippen LogP) is 1.90. The summed E-state index contributed by atoms with van der Waals surface area (Å²) in [5.41, 5.74) is 0.381. The van der Waals surface area contributed by atoms with Gasteiger partial charge in [0.1, 0.15) is 17.3 Å². The molecule has 9 nitrogen and oxygen atoms in total. The van der Waals surface area contributed by atoms with Crippen LogP contribution in [0.3, 0.4) is 0 Å². The minimum Gasteiger partial charge on any atom is -0.382 e. The lowest BCUT2D eigenvalue weighted by Crippen LogP contribution is -2.48. The normalized spacial score (nSPS) is 18.2. The van der Waals surface area contributed by atoms with Crippen LogP contribution in [0.25, 0.3) is 0 Å². The Hall–Kier alpha value is -3.48. The summed E-state index contributed by atoms with van der Waals surface area (Å²) in [5, 5.41) is 13.6. The summed E-state index contributed by atoms with van der Waals surface area (Å²) in [5.74, 6) is -1.20. The number of nitrogens with zero attached hydrogens (tertiary/aromatic N) is 4. The molecule has 2 atom stereocenters. The van der Waals surface area contributed by atoms with Gasteiger partial charge in [0, 0.05) is 13.1 Å². The molecule has 32 heavy (non-hydrogen) atoms. The Kier molecular flexibility index (Phi) is 5.59. The Bertz CT molecular complexity index is 1030. The van der Waals surface area contributed by atoms with Gasteiger partial charge in [0.05, 0.1) is 24.5 Å².